The van der Waals surface area contributed by atoms with Crippen LogP contribution in [0.1, 0.15) is 35.7 Å². The maximum atomic E-state index is 14.0. The molecule has 1 aliphatic rings. The van der Waals surface area contributed by atoms with Gasteiger partial charge in [-0.15, -0.1) is 0 Å². The number of fused-ring (bicyclic) bond motifs is 2. The Kier molecular flexibility index (Phi) is 6.59. The van der Waals surface area contributed by atoms with Crippen molar-refractivity contribution in [2.75, 3.05) is 13.1 Å². The second-order valence-corrected chi connectivity index (χ2v) is 11.0. The number of hydrogen-bond acceptors (Lipinski definition) is 3. The number of aryl methyl sites for hydroxylation is 1. The zero-order valence-electron chi connectivity index (χ0n) is 23.0. The molecule has 0 spiro atoms. The molecule has 0 N–H and O–H groups in total. The molecule has 0 saturated carbocycles. The molecule has 7 rings (SSSR count). The molecule has 7 heteroatoms. The van der Waals surface area contributed by atoms with E-state index in [-0.39, 0.29) is 11.6 Å². The summed E-state index contributed by atoms with van der Waals surface area (Å²) < 4.78 is 32.1. The summed E-state index contributed by atoms with van der Waals surface area (Å²) in [6, 6.07) is 28.0. The minimum Gasteiger partial charge on any atom is -0.323 e. The highest BCUT2D eigenvalue weighted by Crippen LogP contribution is 2.34. The summed E-state index contributed by atoms with van der Waals surface area (Å²) in [6.07, 6.45) is 2.00. The smallest absolute Gasteiger partial charge is 0.123 e. The number of imidazole rings is 1. The van der Waals surface area contributed by atoms with Gasteiger partial charge in [0.2, 0.25) is 0 Å². The van der Waals surface area contributed by atoms with Crippen LogP contribution in [0.5, 0.6) is 0 Å². The summed E-state index contributed by atoms with van der Waals surface area (Å²) in [5.41, 5.74) is 6.91. The van der Waals surface area contributed by atoms with Crippen LogP contribution in [-0.2, 0) is 20.1 Å². The van der Waals surface area contributed by atoms with Crippen molar-refractivity contribution in [2.45, 2.75) is 31.8 Å². The van der Waals surface area contributed by atoms with Crippen molar-refractivity contribution in [1.82, 2.24) is 24.2 Å². The number of para-hydroxylation sites is 3. The van der Waals surface area contributed by atoms with Crippen LogP contribution in [0.25, 0.3) is 33.2 Å². The van der Waals surface area contributed by atoms with Gasteiger partial charge in [-0.25, -0.2) is 13.8 Å². The Morgan fingerprint density at radius 3 is 2.37 bits per heavy atom. The van der Waals surface area contributed by atoms with E-state index < -0.39 is 0 Å². The predicted molar refractivity (Wildman–Crippen MR) is 159 cm³/mol. The normalized spacial score (nSPS) is 14.8. The molecule has 0 unspecified atom stereocenters. The van der Waals surface area contributed by atoms with Crippen LogP contribution in [0.2, 0.25) is 0 Å². The van der Waals surface area contributed by atoms with Gasteiger partial charge in [0.05, 0.1) is 16.6 Å². The van der Waals surface area contributed by atoms with Gasteiger partial charge in [-0.2, -0.15) is 5.10 Å². The Hall–Kier alpha value is -4.36. The van der Waals surface area contributed by atoms with Crippen molar-refractivity contribution in [3.05, 3.63) is 120 Å². The van der Waals surface area contributed by atoms with Crippen LogP contribution in [0.4, 0.5) is 8.78 Å². The molecule has 6 aromatic rings. The molecule has 0 aliphatic carbocycles. The lowest BCUT2D eigenvalue weighted by molar-refractivity contribution is 0.201. The quantitative estimate of drug-likeness (QED) is 0.220. The standard InChI is InChI=1S/C34H31F2N5/c1-39-33-26(9-6-12-29(33)32(38-39)25-8-5-11-28(36)20-25)22-40-17-15-24(16-18-40)34-37-30-13-2-3-14-31(30)41(34)21-23-7-4-10-27(35)19-23/h2-14,19-20,24H,15-18,21-22H2,1H3. The van der Waals surface area contributed by atoms with Crippen molar-refractivity contribution >= 4 is 21.9 Å². The second kappa shape index (κ2) is 10.6. The van der Waals surface area contributed by atoms with Gasteiger partial charge in [0.15, 0.2) is 0 Å². The average molecular weight is 548 g/mol. The Bertz CT molecular complexity index is 1860. The maximum Gasteiger partial charge on any atom is 0.123 e. The Labute approximate surface area is 237 Å². The molecule has 3 heterocycles. The molecule has 4 aromatic carbocycles. The van der Waals surface area contributed by atoms with Crippen molar-refractivity contribution in [3.8, 4) is 11.3 Å². The maximum absolute atomic E-state index is 14.0. The molecule has 2 aromatic heterocycles. The molecular formula is C34H31F2N5. The van der Waals surface area contributed by atoms with Gasteiger partial charge in [0.1, 0.15) is 23.2 Å². The summed E-state index contributed by atoms with van der Waals surface area (Å²) in [5.74, 6) is 0.945. The van der Waals surface area contributed by atoms with Crippen molar-refractivity contribution in [3.63, 3.8) is 0 Å². The molecule has 5 nitrogen and oxygen atoms in total. The summed E-state index contributed by atoms with van der Waals surface area (Å²) in [6.45, 7) is 3.34. The monoisotopic (exact) mass is 547 g/mol. The van der Waals surface area contributed by atoms with Crippen molar-refractivity contribution in [2.24, 2.45) is 7.05 Å². The summed E-state index contributed by atoms with van der Waals surface area (Å²) >= 11 is 0. The van der Waals surface area contributed by atoms with E-state index in [9.17, 15) is 8.78 Å². The molecule has 1 fully saturated rings. The highest BCUT2D eigenvalue weighted by Gasteiger charge is 2.26. The van der Waals surface area contributed by atoms with E-state index in [0.717, 1.165) is 77.1 Å². The van der Waals surface area contributed by atoms with Crippen LogP contribution in [-0.4, -0.2) is 37.3 Å². The lowest BCUT2D eigenvalue weighted by atomic mass is 9.95. The summed E-state index contributed by atoms with van der Waals surface area (Å²) in [4.78, 5) is 7.57. The van der Waals surface area contributed by atoms with Crippen LogP contribution < -0.4 is 0 Å². The molecule has 41 heavy (non-hydrogen) atoms. The van der Waals surface area contributed by atoms with E-state index in [1.165, 1.54) is 17.7 Å². The Morgan fingerprint density at radius 2 is 1.56 bits per heavy atom. The van der Waals surface area contributed by atoms with Gasteiger partial charge in [-0.05, 0) is 73.5 Å². The van der Waals surface area contributed by atoms with Crippen LogP contribution in [0.3, 0.4) is 0 Å². The molecule has 206 valence electrons. The molecule has 0 radical (unpaired) electrons. The third-order valence-corrected chi connectivity index (χ3v) is 8.31. The first kappa shape index (κ1) is 25.6. The molecule has 0 atom stereocenters. The van der Waals surface area contributed by atoms with Crippen molar-refractivity contribution in [1.29, 1.82) is 0 Å². The average Bonchev–Trinajstić information content (AvgIpc) is 3.52. The zero-order chi connectivity index (χ0) is 27.9. The highest BCUT2D eigenvalue weighted by atomic mass is 19.1. The summed E-state index contributed by atoms with van der Waals surface area (Å²) in [5, 5.41) is 5.81. The van der Waals surface area contributed by atoms with Gasteiger partial charge >= 0.3 is 0 Å². The minimum atomic E-state index is -0.259. The van der Waals surface area contributed by atoms with Crippen LogP contribution in [0, 0.1) is 11.6 Å². The fourth-order valence-corrected chi connectivity index (χ4v) is 6.38. The lowest BCUT2D eigenvalue weighted by Gasteiger charge is -2.32. The summed E-state index contributed by atoms with van der Waals surface area (Å²) in [7, 11) is 1.96. The lowest BCUT2D eigenvalue weighted by Crippen LogP contribution is -2.33. The third kappa shape index (κ3) is 4.91. The third-order valence-electron chi connectivity index (χ3n) is 8.31. The first-order valence-electron chi connectivity index (χ1n) is 14.2. The van der Waals surface area contributed by atoms with E-state index in [4.69, 9.17) is 10.1 Å². The number of benzene rings is 4. The SMILES string of the molecule is Cn1nc(-c2cccc(F)c2)c2cccc(CN3CCC(c4nc5ccccc5n4Cc4cccc(F)c4)CC3)c21. The number of halogens is 2. The van der Waals surface area contributed by atoms with Crippen LogP contribution in [0.15, 0.2) is 91.0 Å². The van der Waals surface area contributed by atoms with Gasteiger partial charge in [-0.3, -0.25) is 9.58 Å². The minimum absolute atomic E-state index is 0.215. The topological polar surface area (TPSA) is 38.9 Å². The van der Waals surface area contributed by atoms with E-state index in [2.05, 4.69) is 39.8 Å². The number of likely N-dealkylation sites (tertiary alicyclic amines) is 1. The molecular weight excluding hydrogens is 516 g/mol. The van der Waals surface area contributed by atoms with E-state index in [1.54, 1.807) is 24.3 Å². The fourth-order valence-electron chi connectivity index (χ4n) is 6.38. The highest BCUT2D eigenvalue weighted by molar-refractivity contribution is 5.95. The van der Waals surface area contributed by atoms with Crippen molar-refractivity contribution < 1.29 is 8.78 Å². The first-order chi connectivity index (χ1) is 20.0. The van der Waals surface area contributed by atoms with Crippen LogP contribution >= 0.6 is 0 Å². The number of nitrogens with zero attached hydrogens (tertiary/aromatic N) is 5. The Morgan fingerprint density at radius 1 is 0.805 bits per heavy atom. The van der Waals surface area contributed by atoms with Gasteiger partial charge < -0.3 is 4.57 Å². The number of aromatic nitrogens is 4. The first-order valence-corrected chi connectivity index (χ1v) is 14.2. The molecule has 1 aliphatic heterocycles. The van der Waals surface area contributed by atoms with E-state index in [0.29, 0.717) is 12.5 Å². The fraction of sp³-hybridized carbons (Fsp3) is 0.235. The molecule has 1 saturated heterocycles. The number of hydrogen-bond donors (Lipinski definition) is 0. The van der Waals surface area contributed by atoms with Gasteiger partial charge in [-0.1, -0.05) is 54.6 Å². The second-order valence-electron chi connectivity index (χ2n) is 11.0. The van der Waals surface area contributed by atoms with E-state index in [1.807, 2.05) is 36.0 Å². The van der Waals surface area contributed by atoms with Gasteiger partial charge in [0, 0.05) is 37.0 Å². The molecule has 0 amide bonds. The number of rotatable bonds is 6. The predicted octanol–water partition coefficient (Wildman–Crippen LogP) is 7.30. The van der Waals surface area contributed by atoms with E-state index >= 15 is 0 Å². The number of piperidine rings is 1. The van der Waals surface area contributed by atoms with Gasteiger partial charge in [0.25, 0.3) is 0 Å². The zero-order valence-corrected chi connectivity index (χ0v) is 23.0. The molecule has 0 bridgehead atoms. The Balaban J connectivity index is 1.12. The largest absolute Gasteiger partial charge is 0.323 e.